The Morgan fingerprint density at radius 3 is 2.41 bits per heavy atom. The van der Waals surface area contributed by atoms with Crippen molar-refractivity contribution in [3.63, 3.8) is 0 Å². The van der Waals surface area contributed by atoms with E-state index in [1.807, 2.05) is 30.3 Å². The summed E-state index contributed by atoms with van der Waals surface area (Å²) < 4.78 is 32.0. The second-order valence-electron chi connectivity index (χ2n) is 6.80. The van der Waals surface area contributed by atoms with Gasteiger partial charge in [0.2, 0.25) is 0 Å². The number of hydrogen-bond acceptors (Lipinski definition) is 5. The molecule has 0 saturated heterocycles. The smallest absolute Gasteiger partial charge is 0.450 e. The molecule has 1 unspecified atom stereocenters. The highest BCUT2D eigenvalue weighted by atomic mass is 35.5. The Hall–Kier alpha value is -1.56. The van der Waals surface area contributed by atoms with E-state index in [0.29, 0.717) is 28.9 Å². The first-order chi connectivity index (χ1) is 13.9. The van der Waals surface area contributed by atoms with Gasteiger partial charge in [-0.3, -0.25) is 9.05 Å². The molecule has 2 heterocycles. The van der Waals surface area contributed by atoms with Crippen molar-refractivity contribution in [3.05, 3.63) is 63.6 Å². The van der Waals surface area contributed by atoms with Crippen LogP contribution in [-0.2, 0) is 19.0 Å². The largest absolute Gasteiger partial charge is 0.491 e. The quantitative estimate of drug-likeness (QED) is 0.537. The Kier molecular flexibility index (Phi) is 5.66. The van der Waals surface area contributed by atoms with E-state index >= 15 is 0 Å². The van der Waals surface area contributed by atoms with Crippen LogP contribution >= 0.6 is 30.9 Å². The number of rotatable bonds is 6. The third-order valence-electron chi connectivity index (χ3n) is 5.02. The highest BCUT2D eigenvalue weighted by molar-refractivity contribution is 7.51. The Morgan fingerprint density at radius 2 is 1.76 bits per heavy atom. The molecule has 0 radical (unpaired) electrons. The van der Waals surface area contributed by atoms with Crippen molar-refractivity contribution in [3.8, 4) is 5.75 Å². The van der Waals surface area contributed by atoms with Crippen LogP contribution in [0.1, 0.15) is 25.0 Å². The highest BCUT2D eigenvalue weighted by Crippen LogP contribution is 2.57. The molecule has 0 aliphatic carbocycles. The minimum absolute atomic E-state index is 0.245. The van der Waals surface area contributed by atoms with Gasteiger partial charge >= 0.3 is 7.75 Å². The van der Waals surface area contributed by atoms with E-state index in [0.717, 1.165) is 16.8 Å². The lowest BCUT2D eigenvalue weighted by Gasteiger charge is -2.36. The minimum Gasteiger partial charge on any atom is -0.491 e. The maximum atomic E-state index is 13.4. The van der Waals surface area contributed by atoms with Gasteiger partial charge in [-0.25, -0.2) is 4.57 Å². The fourth-order valence-corrected chi connectivity index (χ4v) is 5.61. The van der Waals surface area contributed by atoms with Crippen molar-refractivity contribution >= 4 is 36.7 Å². The molecule has 0 amide bonds. The topological polar surface area (TPSA) is 60.4 Å². The molecule has 1 atom stereocenters. The maximum Gasteiger partial charge on any atom is 0.450 e. The van der Waals surface area contributed by atoms with Crippen LogP contribution in [0.25, 0.3) is 0 Å². The normalized spacial score (nSPS) is 20.7. The summed E-state index contributed by atoms with van der Waals surface area (Å²) >= 11 is 12.2. The molecule has 6 nitrogen and oxygen atoms in total. The van der Waals surface area contributed by atoms with E-state index < -0.39 is 13.2 Å². The van der Waals surface area contributed by atoms with Crippen molar-refractivity contribution in [2.75, 3.05) is 26.4 Å². The lowest BCUT2D eigenvalue weighted by molar-refractivity contribution is 0.161. The van der Waals surface area contributed by atoms with Crippen LogP contribution in [0.3, 0.4) is 0 Å². The summed E-state index contributed by atoms with van der Waals surface area (Å²) in [6.45, 7) is 4.65. The molecule has 0 fully saturated rings. The van der Waals surface area contributed by atoms with Crippen molar-refractivity contribution in [1.29, 1.82) is 0 Å². The van der Waals surface area contributed by atoms with Crippen LogP contribution in [0.15, 0.2) is 47.6 Å². The molecule has 2 aliphatic heterocycles. The van der Waals surface area contributed by atoms with E-state index in [1.54, 1.807) is 26.0 Å². The molecular formula is C20H21Cl2N2O4P. The number of fused-ring (bicyclic) bond motifs is 3. The van der Waals surface area contributed by atoms with Crippen LogP contribution in [0, 0.1) is 0 Å². The van der Waals surface area contributed by atoms with Gasteiger partial charge in [0.25, 0.3) is 0 Å². The minimum atomic E-state index is -3.60. The predicted octanol–water partition coefficient (Wildman–Crippen LogP) is 5.52. The standard InChI is InChI=1S/C20H21Cl2N2O4P/c1-3-27-29(25,28-4-2)24-12-20(14-5-7-15(21)8-6-14)13-26-18-11-16(22)9-10-17(18)19(20)23-24/h5-11H,3-4,12-13H2,1-2H3. The van der Waals surface area contributed by atoms with Crippen LogP contribution < -0.4 is 4.74 Å². The van der Waals surface area contributed by atoms with E-state index in [-0.39, 0.29) is 13.2 Å². The third-order valence-corrected chi connectivity index (χ3v) is 7.47. The zero-order chi connectivity index (χ0) is 20.6. The predicted molar refractivity (Wildman–Crippen MR) is 114 cm³/mol. The van der Waals surface area contributed by atoms with E-state index in [4.69, 9.17) is 42.1 Å². The van der Waals surface area contributed by atoms with Gasteiger partial charge in [-0.15, -0.1) is 0 Å². The van der Waals surface area contributed by atoms with Gasteiger partial charge in [-0.2, -0.15) is 9.88 Å². The Bertz CT molecular complexity index is 988. The van der Waals surface area contributed by atoms with Gasteiger partial charge in [0, 0.05) is 15.6 Å². The van der Waals surface area contributed by atoms with Gasteiger partial charge in [0.15, 0.2) is 0 Å². The summed E-state index contributed by atoms with van der Waals surface area (Å²) in [6, 6.07) is 13.0. The zero-order valence-corrected chi connectivity index (χ0v) is 18.5. The Balaban J connectivity index is 1.86. The highest BCUT2D eigenvalue weighted by Gasteiger charge is 2.53. The Morgan fingerprint density at radius 1 is 1.10 bits per heavy atom. The van der Waals surface area contributed by atoms with Gasteiger partial charge in [-0.1, -0.05) is 35.3 Å². The number of hydrogen-bond donors (Lipinski definition) is 0. The molecule has 2 aromatic rings. The second-order valence-corrected chi connectivity index (χ2v) is 9.59. The number of hydrazone groups is 1. The summed E-state index contributed by atoms with van der Waals surface area (Å²) in [7, 11) is -3.60. The summed E-state index contributed by atoms with van der Waals surface area (Å²) in [6.07, 6.45) is 0. The van der Waals surface area contributed by atoms with E-state index in [9.17, 15) is 4.57 Å². The van der Waals surface area contributed by atoms with E-state index in [2.05, 4.69) is 0 Å². The summed E-state index contributed by atoms with van der Waals surface area (Å²) in [5.41, 5.74) is 1.87. The van der Waals surface area contributed by atoms with Crippen LogP contribution in [0.4, 0.5) is 0 Å². The van der Waals surface area contributed by atoms with Gasteiger partial charge in [0.05, 0.1) is 30.9 Å². The summed E-state index contributed by atoms with van der Waals surface area (Å²) in [5.74, 6) is 0.644. The molecule has 29 heavy (non-hydrogen) atoms. The second kappa shape index (κ2) is 7.93. The van der Waals surface area contributed by atoms with Crippen molar-refractivity contribution in [2.24, 2.45) is 5.10 Å². The first-order valence-electron chi connectivity index (χ1n) is 9.37. The molecule has 2 aliphatic rings. The molecule has 0 N–H and O–H groups in total. The molecule has 0 saturated carbocycles. The molecule has 0 aromatic heterocycles. The summed E-state index contributed by atoms with van der Waals surface area (Å²) in [4.78, 5) is 0. The van der Waals surface area contributed by atoms with Crippen LogP contribution in [0.5, 0.6) is 5.75 Å². The average molecular weight is 455 g/mol. The fraction of sp³-hybridized carbons (Fsp3) is 0.350. The SMILES string of the molecule is CCOP(=O)(OCC)N1CC2(c3ccc(Cl)cc3)COc3cc(Cl)ccc3C2=N1. The lowest BCUT2D eigenvalue weighted by Crippen LogP contribution is -2.46. The molecule has 2 aromatic carbocycles. The fourth-order valence-electron chi connectivity index (χ4n) is 3.72. The van der Waals surface area contributed by atoms with Crippen molar-refractivity contribution in [2.45, 2.75) is 19.3 Å². The average Bonchev–Trinajstić information content (AvgIpc) is 3.11. The Labute approximate surface area is 179 Å². The van der Waals surface area contributed by atoms with Crippen molar-refractivity contribution in [1.82, 2.24) is 4.78 Å². The van der Waals surface area contributed by atoms with Gasteiger partial charge < -0.3 is 4.74 Å². The van der Waals surface area contributed by atoms with Crippen LogP contribution in [0.2, 0.25) is 10.0 Å². The number of ether oxygens (including phenoxy) is 1. The molecule has 0 bridgehead atoms. The summed E-state index contributed by atoms with van der Waals surface area (Å²) in [5, 5.41) is 5.95. The van der Waals surface area contributed by atoms with Gasteiger partial charge in [0.1, 0.15) is 12.4 Å². The van der Waals surface area contributed by atoms with Crippen LogP contribution in [-0.4, -0.2) is 36.9 Å². The maximum absolute atomic E-state index is 13.4. The van der Waals surface area contributed by atoms with Crippen molar-refractivity contribution < 1.29 is 18.3 Å². The lowest BCUT2D eigenvalue weighted by atomic mass is 9.74. The number of benzene rings is 2. The number of halogens is 2. The molecule has 9 heteroatoms. The number of nitrogens with zero attached hydrogens (tertiary/aromatic N) is 2. The molecule has 0 spiro atoms. The van der Waals surface area contributed by atoms with Gasteiger partial charge in [-0.05, 0) is 49.7 Å². The first-order valence-corrected chi connectivity index (χ1v) is 11.6. The molecule has 4 rings (SSSR count). The molecule has 154 valence electrons. The first kappa shape index (κ1) is 20.7. The zero-order valence-electron chi connectivity index (χ0n) is 16.1. The monoisotopic (exact) mass is 454 g/mol. The van der Waals surface area contributed by atoms with E-state index in [1.165, 1.54) is 4.78 Å². The third kappa shape index (κ3) is 3.58. The molecular weight excluding hydrogens is 434 g/mol.